The molecule has 0 aliphatic heterocycles. The molecule has 0 spiro atoms. The van der Waals surface area contributed by atoms with Gasteiger partial charge in [0, 0.05) is 17.0 Å². The van der Waals surface area contributed by atoms with Crippen LogP contribution in [-0.2, 0) is 0 Å². The van der Waals surface area contributed by atoms with Gasteiger partial charge >= 0.3 is 5.69 Å². The third-order valence-corrected chi connectivity index (χ3v) is 2.24. The summed E-state index contributed by atoms with van der Waals surface area (Å²) in [5, 5.41) is 11.4. The van der Waals surface area contributed by atoms with Gasteiger partial charge in [0.15, 0.2) is 4.64 Å². The lowest BCUT2D eigenvalue weighted by atomic mass is 10.2. The Morgan fingerprint density at radius 2 is 2.07 bits per heavy atom. The van der Waals surface area contributed by atoms with Crippen LogP contribution in [0.15, 0.2) is 30.3 Å². The third-order valence-electron chi connectivity index (χ3n) is 1.93. The maximum atomic E-state index is 10.6. The van der Waals surface area contributed by atoms with Gasteiger partial charge in [0.25, 0.3) is 0 Å². The Balaban J connectivity index is 2.84. The summed E-state index contributed by atoms with van der Waals surface area (Å²) < 4.78 is 0.161. The molecule has 5 heteroatoms. The summed E-state index contributed by atoms with van der Waals surface area (Å²) in [6.45, 7) is 0. The average molecular weight is 206 g/mol. The molecule has 2 aromatic rings. The van der Waals surface area contributed by atoms with Crippen molar-refractivity contribution in [3.8, 4) is 0 Å². The zero-order valence-corrected chi connectivity index (χ0v) is 7.88. The molecule has 1 aromatic carbocycles. The van der Waals surface area contributed by atoms with Crippen LogP contribution in [0.2, 0.25) is 0 Å². The summed E-state index contributed by atoms with van der Waals surface area (Å²) in [5.74, 6) is 0. The van der Waals surface area contributed by atoms with E-state index in [1.165, 1.54) is 6.07 Å². The summed E-state index contributed by atoms with van der Waals surface area (Å²) in [7, 11) is 0. The van der Waals surface area contributed by atoms with Gasteiger partial charge in [-0.3, -0.25) is 10.1 Å². The lowest BCUT2D eigenvalue weighted by molar-refractivity contribution is -0.385. The van der Waals surface area contributed by atoms with Crippen LogP contribution in [0, 0.1) is 14.8 Å². The average Bonchev–Trinajstić information content (AvgIpc) is 2.16. The van der Waals surface area contributed by atoms with E-state index in [0.717, 1.165) is 10.9 Å². The van der Waals surface area contributed by atoms with E-state index in [1.54, 1.807) is 6.07 Å². The highest BCUT2D eigenvalue weighted by Gasteiger charge is 2.09. The zero-order chi connectivity index (χ0) is 10.1. The van der Waals surface area contributed by atoms with Crippen molar-refractivity contribution < 1.29 is 4.92 Å². The number of aromatic amines is 1. The number of pyridine rings is 1. The van der Waals surface area contributed by atoms with E-state index in [-0.39, 0.29) is 10.3 Å². The molecule has 0 saturated carbocycles. The Morgan fingerprint density at radius 3 is 2.79 bits per heavy atom. The van der Waals surface area contributed by atoms with E-state index < -0.39 is 4.92 Å². The zero-order valence-electron chi connectivity index (χ0n) is 7.06. The van der Waals surface area contributed by atoms with Crippen LogP contribution in [0.3, 0.4) is 0 Å². The number of rotatable bonds is 1. The summed E-state index contributed by atoms with van der Waals surface area (Å²) >= 11 is 4.86. The van der Waals surface area contributed by atoms with Crippen molar-refractivity contribution >= 4 is 28.8 Å². The van der Waals surface area contributed by atoms with Gasteiger partial charge < -0.3 is 4.98 Å². The summed E-state index contributed by atoms with van der Waals surface area (Å²) in [5.41, 5.74) is 0.752. The first-order valence-electron chi connectivity index (χ1n) is 3.95. The highest BCUT2D eigenvalue weighted by atomic mass is 32.1. The van der Waals surface area contributed by atoms with E-state index in [4.69, 9.17) is 12.2 Å². The van der Waals surface area contributed by atoms with Crippen LogP contribution >= 0.6 is 12.2 Å². The van der Waals surface area contributed by atoms with Crippen molar-refractivity contribution in [1.82, 2.24) is 4.98 Å². The van der Waals surface area contributed by atoms with Crippen LogP contribution in [0.25, 0.3) is 10.9 Å². The highest BCUT2D eigenvalue weighted by Crippen LogP contribution is 2.19. The minimum Gasteiger partial charge on any atom is -0.340 e. The Hall–Kier alpha value is -1.75. The van der Waals surface area contributed by atoms with Gasteiger partial charge in [-0.25, -0.2) is 0 Å². The van der Waals surface area contributed by atoms with Crippen LogP contribution in [-0.4, -0.2) is 9.91 Å². The second kappa shape index (κ2) is 3.19. The molecular weight excluding hydrogens is 200 g/mol. The second-order valence-corrected chi connectivity index (χ2v) is 3.24. The first kappa shape index (κ1) is 8.83. The standard InChI is InChI=1S/C9H6N2O2S/c12-11(13)8-5-6-3-1-2-4-7(6)10-9(8)14/h1-5H,(H,10,14). The smallest absolute Gasteiger partial charge is 0.304 e. The van der Waals surface area contributed by atoms with Crippen LogP contribution < -0.4 is 0 Å². The monoisotopic (exact) mass is 206 g/mol. The fourth-order valence-electron chi connectivity index (χ4n) is 1.27. The fourth-order valence-corrected chi connectivity index (χ4v) is 1.51. The molecule has 14 heavy (non-hydrogen) atoms. The lowest BCUT2D eigenvalue weighted by Gasteiger charge is -1.97. The minimum atomic E-state index is -0.481. The molecule has 0 atom stereocenters. The first-order valence-corrected chi connectivity index (χ1v) is 4.36. The molecule has 0 radical (unpaired) electrons. The number of H-pyrrole nitrogens is 1. The van der Waals surface area contributed by atoms with Gasteiger partial charge in [0.1, 0.15) is 0 Å². The van der Waals surface area contributed by atoms with E-state index in [1.807, 2.05) is 18.2 Å². The number of fused-ring (bicyclic) bond motifs is 1. The molecule has 1 aromatic heterocycles. The van der Waals surface area contributed by atoms with Crippen molar-refractivity contribution in [2.75, 3.05) is 0 Å². The normalized spacial score (nSPS) is 10.3. The number of para-hydroxylation sites is 1. The molecule has 0 unspecified atom stereocenters. The van der Waals surface area contributed by atoms with Gasteiger partial charge in [-0.05, 0) is 6.07 Å². The molecule has 0 aliphatic rings. The molecule has 2 rings (SSSR count). The largest absolute Gasteiger partial charge is 0.340 e. The number of nitrogens with zero attached hydrogens (tertiary/aromatic N) is 1. The van der Waals surface area contributed by atoms with Crippen LogP contribution in [0.5, 0.6) is 0 Å². The topological polar surface area (TPSA) is 58.9 Å². The van der Waals surface area contributed by atoms with Crippen molar-refractivity contribution in [1.29, 1.82) is 0 Å². The predicted molar refractivity (Wildman–Crippen MR) is 55.8 cm³/mol. The summed E-state index contributed by atoms with van der Waals surface area (Å²) in [6, 6.07) is 8.78. The minimum absolute atomic E-state index is 0.0568. The Labute approximate surface area is 84.3 Å². The SMILES string of the molecule is O=[N+]([O-])c1cc2ccccc2[nH]c1=S. The summed E-state index contributed by atoms with van der Waals surface area (Å²) in [6.07, 6.45) is 0. The molecule has 1 N–H and O–H groups in total. The number of aromatic nitrogens is 1. The predicted octanol–water partition coefficient (Wildman–Crippen LogP) is 2.81. The quantitative estimate of drug-likeness (QED) is 0.443. The number of nitro groups is 1. The second-order valence-electron chi connectivity index (χ2n) is 2.83. The molecule has 1 heterocycles. The van der Waals surface area contributed by atoms with Crippen molar-refractivity contribution in [3.05, 3.63) is 45.1 Å². The molecule has 0 amide bonds. The Morgan fingerprint density at radius 1 is 1.36 bits per heavy atom. The van der Waals surface area contributed by atoms with E-state index in [0.29, 0.717) is 0 Å². The molecular formula is C9H6N2O2S. The van der Waals surface area contributed by atoms with Gasteiger partial charge in [0.2, 0.25) is 0 Å². The van der Waals surface area contributed by atoms with Crippen LogP contribution in [0.1, 0.15) is 0 Å². The van der Waals surface area contributed by atoms with Gasteiger partial charge in [-0.1, -0.05) is 30.4 Å². The lowest BCUT2D eigenvalue weighted by Crippen LogP contribution is -1.91. The fraction of sp³-hybridized carbons (Fsp3) is 0. The number of benzene rings is 1. The van der Waals surface area contributed by atoms with Crippen LogP contribution in [0.4, 0.5) is 5.69 Å². The number of hydrogen-bond donors (Lipinski definition) is 1. The Bertz CT molecular complexity index is 562. The number of hydrogen-bond acceptors (Lipinski definition) is 3. The Kier molecular flexibility index (Phi) is 2.01. The van der Waals surface area contributed by atoms with E-state index >= 15 is 0 Å². The maximum Gasteiger partial charge on any atom is 0.304 e. The molecule has 0 fully saturated rings. The van der Waals surface area contributed by atoms with E-state index in [2.05, 4.69) is 4.98 Å². The van der Waals surface area contributed by atoms with Crippen molar-refractivity contribution in [2.45, 2.75) is 0 Å². The third kappa shape index (κ3) is 1.38. The molecule has 0 aliphatic carbocycles. The first-order chi connectivity index (χ1) is 6.68. The molecule has 4 nitrogen and oxygen atoms in total. The highest BCUT2D eigenvalue weighted by molar-refractivity contribution is 7.71. The van der Waals surface area contributed by atoms with Gasteiger partial charge in [-0.2, -0.15) is 0 Å². The van der Waals surface area contributed by atoms with Gasteiger partial charge in [-0.15, -0.1) is 0 Å². The van der Waals surface area contributed by atoms with Crippen molar-refractivity contribution in [3.63, 3.8) is 0 Å². The molecule has 70 valence electrons. The molecule has 0 bridgehead atoms. The summed E-state index contributed by atoms with van der Waals surface area (Å²) in [4.78, 5) is 12.9. The van der Waals surface area contributed by atoms with Crippen molar-refractivity contribution in [2.24, 2.45) is 0 Å². The van der Waals surface area contributed by atoms with Gasteiger partial charge in [0.05, 0.1) is 4.92 Å². The molecule has 0 saturated heterocycles. The maximum absolute atomic E-state index is 10.6. The number of nitrogens with one attached hydrogen (secondary N) is 1. The van der Waals surface area contributed by atoms with E-state index in [9.17, 15) is 10.1 Å².